The summed E-state index contributed by atoms with van der Waals surface area (Å²) in [5.74, 6) is 0.400. The Morgan fingerprint density at radius 1 is 1.47 bits per heavy atom. The fraction of sp³-hybridized carbons (Fsp3) is 0.500. The summed E-state index contributed by atoms with van der Waals surface area (Å²) in [7, 11) is 0. The lowest BCUT2D eigenvalue weighted by atomic mass is 9.81. The first-order valence-electron chi connectivity index (χ1n) is 6.97. The molecule has 0 unspecified atom stereocenters. The van der Waals surface area contributed by atoms with Crippen molar-refractivity contribution in [2.24, 2.45) is 0 Å². The van der Waals surface area contributed by atoms with Gasteiger partial charge < -0.3 is 4.74 Å². The molecule has 1 aromatic rings. The van der Waals surface area contributed by atoms with Crippen molar-refractivity contribution in [2.45, 2.75) is 45.4 Å². The number of hydrogen-bond acceptors (Lipinski definition) is 3. The van der Waals surface area contributed by atoms with E-state index in [0.29, 0.717) is 12.5 Å². The van der Waals surface area contributed by atoms with Gasteiger partial charge in [-0.05, 0) is 63.1 Å². The maximum atomic E-state index is 11.4. The minimum absolute atomic E-state index is 0.198. The van der Waals surface area contributed by atoms with E-state index in [1.165, 1.54) is 11.1 Å². The molecule has 0 N–H and O–H groups in total. The summed E-state index contributed by atoms with van der Waals surface area (Å²) < 4.78 is 4.95. The number of carbonyl (C=O) groups is 1. The molecule has 0 amide bonds. The van der Waals surface area contributed by atoms with E-state index in [-0.39, 0.29) is 5.97 Å². The van der Waals surface area contributed by atoms with Crippen molar-refractivity contribution >= 4 is 5.97 Å². The molecule has 1 aromatic heterocycles. The van der Waals surface area contributed by atoms with E-state index in [4.69, 9.17) is 4.74 Å². The van der Waals surface area contributed by atoms with Crippen molar-refractivity contribution in [3.63, 3.8) is 0 Å². The second-order valence-electron chi connectivity index (χ2n) is 5.06. The van der Waals surface area contributed by atoms with Gasteiger partial charge in [0.2, 0.25) is 0 Å². The van der Waals surface area contributed by atoms with Crippen molar-refractivity contribution in [1.82, 2.24) is 4.98 Å². The minimum atomic E-state index is -0.198. The molecule has 1 aliphatic rings. The molecule has 1 aliphatic carbocycles. The van der Waals surface area contributed by atoms with Crippen LogP contribution in [0, 0.1) is 6.92 Å². The quantitative estimate of drug-likeness (QED) is 0.615. The lowest BCUT2D eigenvalue weighted by Crippen LogP contribution is -2.09. The lowest BCUT2D eigenvalue weighted by Gasteiger charge is -2.24. The number of esters is 1. The molecule has 102 valence electrons. The van der Waals surface area contributed by atoms with Crippen molar-refractivity contribution in [1.29, 1.82) is 0 Å². The van der Waals surface area contributed by atoms with Gasteiger partial charge in [-0.1, -0.05) is 5.57 Å². The third-order valence-electron chi connectivity index (χ3n) is 3.63. The summed E-state index contributed by atoms with van der Waals surface area (Å²) in [5, 5.41) is 0. The number of ether oxygens (including phenoxy) is 1. The summed E-state index contributed by atoms with van der Waals surface area (Å²) in [6.07, 6.45) is 7.76. The van der Waals surface area contributed by atoms with Gasteiger partial charge in [0.15, 0.2) is 0 Å². The van der Waals surface area contributed by atoms with Crippen LogP contribution in [0.2, 0.25) is 0 Å². The third kappa shape index (κ3) is 3.91. The summed E-state index contributed by atoms with van der Waals surface area (Å²) in [4.78, 5) is 15.6. The predicted octanol–water partition coefficient (Wildman–Crippen LogP) is 3.54. The number of rotatable bonds is 3. The molecular weight excluding hydrogens is 238 g/mol. The van der Waals surface area contributed by atoms with Gasteiger partial charge in [0.05, 0.1) is 6.61 Å². The first kappa shape index (κ1) is 13.8. The first-order valence-corrected chi connectivity index (χ1v) is 6.97. The molecule has 1 heterocycles. The van der Waals surface area contributed by atoms with Gasteiger partial charge in [-0.25, -0.2) is 4.79 Å². The number of allylic oxidation sites excluding steroid dienone is 1. The van der Waals surface area contributed by atoms with Crippen LogP contribution in [0.3, 0.4) is 0 Å². The zero-order valence-electron chi connectivity index (χ0n) is 11.7. The second-order valence-corrected chi connectivity index (χ2v) is 5.06. The number of aryl methyl sites for hydroxylation is 1. The van der Waals surface area contributed by atoms with Gasteiger partial charge in [-0.3, -0.25) is 4.98 Å². The van der Waals surface area contributed by atoms with Crippen molar-refractivity contribution in [3.05, 3.63) is 41.2 Å². The minimum Gasteiger partial charge on any atom is -0.463 e. The van der Waals surface area contributed by atoms with Crippen LogP contribution in [0.1, 0.15) is 49.8 Å². The van der Waals surface area contributed by atoms with Crippen molar-refractivity contribution in [3.8, 4) is 0 Å². The first-order chi connectivity index (χ1) is 9.19. The zero-order chi connectivity index (χ0) is 13.7. The normalized spacial score (nSPS) is 19.1. The van der Waals surface area contributed by atoms with E-state index >= 15 is 0 Å². The summed E-state index contributed by atoms with van der Waals surface area (Å²) in [6.45, 7) is 4.30. The zero-order valence-corrected chi connectivity index (χ0v) is 11.7. The summed E-state index contributed by atoms with van der Waals surface area (Å²) in [6, 6.07) is 4.28. The Kier molecular flexibility index (Phi) is 4.72. The van der Waals surface area contributed by atoms with E-state index in [2.05, 4.69) is 17.1 Å². The fourth-order valence-electron chi connectivity index (χ4n) is 2.64. The van der Waals surface area contributed by atoms with Gasteiger partial charge in [-0.15, -0.1) is 0 Å². The third-order valence-corrected chi connectivity index (χ3v) is 3.63. The number of aromatic nitrogens is 1. The van der Waals surface area contributed by atoms with E-state index in [0.717, 1.165) is 31.4 Å². The largest absolute Gasteiger partial charge is 0.463 e. The molecule has 1 saturated carbocycles. The molecule has 0 saturated heterocycles. The molecule has 0 spiro atoms. The van der Waals surface area contributed by atoms with Gasteiger partial charge in [0.1, 0.15) is 0 Å². The Morgan fingerprint density at radius 3 is 2.84 bits per heavy atom. The fourth-order valence-corrected chi connectivity index (χ4v) is 2.64. The highest BCUT2D eigenvalue weighted by Crippen LogP contribution is 2.35. The highest BCUT2D eigenvalue weighted by Gasteiger charge is 2.19. The Balaban J connectivity index is 1.94. The van der Waals surface area contributed by atoms with Gasteiger partial charge in [0, 0.05) is 18.0 Å². The topological polar surface area (TPSA) is 39.2 Å². The van der Waals surface area contributed by atoms with Crippen LogP contribution in [0.5, 0.6) is 0 Å². The van der Waals surface area contributed by atoms with Crippen LogP contribution >= 0.6 is 0 Å². The highest BCUT2D eigenvalue weighted by atomic mass is 16.5. The Labute approximate surface area is 114 Å². The highest BCUT2D eigenvalue weighted by molar-refractivity contribution is 5.82. The average Bonchev–Trinajstić information content (AvgIpc) is 2.40. The number of pyridine rings is 1. The van der Waals surface area contributed by atoms with Crippen LogP contribution in [0.25, 0.3) is 0 Å². The lowest BCUT2D eigenvalue weighted by molar-refractivity contribution is -0.137. The maximum absolute atomic E-state index is 11.4. The van der Waals surface area contributed by atoms with Gasteiger partial charge in [0.25, 0.3) is 0 Å². The maximum Gasteiger partial charge on any atom is 0.330 e. The second kappa shape index (κ2) is 6.50. The molecule has 0 bridgehead atoms. The Bertz CT molecular complexity index is 469. The van der Waals surface area contributed by atoms with Crippen molar-refractivity contribution < 1.29 is 9.53 Å². The molecule has 0 aromatic carbocycles. The van der Waals surface area contributed by atoms with Crippen LogP contribution in [0.4, 0.5) is 0 Å². The molecule has 0 aliphatic heterocycles. The number of carbonyl (C=O) groups excluding carboxylic acids is 1. The molecule has 2 rings (SSSR count). The standard InChI is InChI=1S/C16H21NO2/c1-3-19-16(18)11-13-4-6-14(7-5-13)15-8-9-17-12(2)10-15/h8-11,14H,3-7H2,1-2H3. The Hall–Kier alpha value is -1.64. The summed E-state index contributed by atoms with van der Waals surface area (Å²) in [5.41, 5.74) is 3.67. The van der Waals surface area contributed by atoms with Crippen molar-refractivity contribution in [2.75, 3.05) is 6.61 Å². The smallest absolute Gasteiger partial charge is 0.330 e. The average molecular weight is 259 g/mol. The SMILES string of the molecule is CCOC(=O)C=C1CCC(c2ccnc(C)c2)CC1. The summed E-state index contributed by atoms with van der Waals surface area (Å²) >= 11 is 0. The van der Waals surface area contributed by atoms with Gasteiger partial charge >= 0.3 is 5.97 Å². The van der Waals surface area contributed by atoms with E-state index in [1.54, 1.807) is 6.08 Å². The monoisotopic (exact) mass is 259 g/mol. The van der Waals surface area contributed by atoms with Crippen LogP contribution in [0.15, 0.2) is 30.0 Å². The number of hydrogen-bond donors (Lipinski definition) is 0. The molecule has 3 heteroatoms. The van der Waals surface area contributed by atoms with Crippen LogP contribution < -0.4 is 0 Å². The molecule has 3 nitrogen and oxygen atoms in total. The molecule has 1 fully saturated rings. The predicted molar refractivity (Wildman–Crippen MR) is 74.9 cm³/mol. The number of nitrogens with zero attached hydrogens (tertiary/aromatic N) is 1. The van der Waals surface area contributed by atoms with Gasteiger partial charge in [-0.2, -0.15) is 0 Å². The molecule has 19 heavy (non-hydrogen) atoms. The Morgan fingerprint density at radius 2 is 2.21 bits per heavy atom. The molecule has 0 radical (unpaired) electrons. The molecule has 0 atom stereocenters. The van der Waals surface area contributed by atoms with Crippen LogP contribution in [-0.4, -0.2) is 17.6 Å². The molecular formula is C16H21NO2. The van der Waals surface area contributed by atoms with E-state index in [1.807, 2.05) is 20.0 Å². The van der Waals surface area contributed by atoms with E-state index < -0.39 is 0 Å². The van der Waals surface area contributed by atoms with E-state index in [9.17, 15) is 4.79 Å². The van der Waals surface area contributed by atoms with Crippen LogP contribution in [-0.2, 0) is 9.53 Å².